The molecular formula is C14H17N5O2S3. The quantitative estimate of drug-likeness (QED) is 0.750. The van der Waals surface area contributed by atoms with Gasteiger partial charge in [0.25, 0.3) is 0 Å². The first kappa shape index (κ1) is 17.2. The van der Waals surface area contributed by atoms with Crippen molar-refractivity contribution in [3.05, 3.63) is 22.4 Å². The Bertz CT molecular complexity index is 695. The Morgan fingerprint density at radius 1 is 1.25 bits per heavy atom. The van der Waals surface area contributed by atoms with Crippen molar-refractivity contribution in [1.29, 1.82) is 0 Å². The molecule has 1 aliphatic heterocycles. The van der Waals surface area contributed by atoms with E-state index in [4.69, 9.17) is 5.73 Å². The van der Waals surface area contributed by atoms with Gasteiger partial charge in [-0.15, -0.1) is 21.5 Å². The maximum Gasteiger partial charge on any atom is 0.227 e. The van der Waals surface area contributed by atoms with E-state index in [1.807, 2.05) is 22.4 Å². The second-order valence-electron chi connectivity index (χ2n) is 5.23. The number of carbonyl (C=O) groups excluding carboxylic acids is 2. The van der Waals surface area contributed by atoms with Gasteiger partial charge in [0.2, 0.25) is 16.9 Å². The molecule has 0 unspecified atom stereocenters. The molecule has 3 heterocycles. The van der Waals surface area contributed by atoms with E-state index < -0.39 is 0 Å². The molecule has 128 valence electrons. The summed E-state index contributed by atoms with van der Waals surface area (Å²) in [6.45, 7) is 2.86. The van der Waals surface area contributed by atoms with Crippen molar-refractivity contribution in [3.63, 3.8) is 0 Å². The molecule has 0 aliphatic carbocycles. The molecule has 0 atom stereocenters. The normalized spacial score (nSPS) is 14.8. The fourth-order valence-electron chi connectivity index (χ4n) is 2.34. The highest BCUT2D eigenvalue weighted by Gasteiger charge is 2.23. The number of amides is 2. The SMILES string of the molecule is NC(=O)CSc1nnc(N2CCN(C(=O)Cc3cccs3)CC2)s1. The molecule has 24 heavy (non-hydrogen) atoms. The zero-order valence-electron chi connectivity index (χ0n) is 12.9. The Hall–Kier alpha value is -1.65. The number of thiophene rings is 1. The van der Waals surface area contributed by atoms with Gasteiger partial charge in [0, 0.05) is 31.1 Å². The van der Waals surface area contributed by atoms with Crippen LogP contribution >= 0.6 is 34.4 Å². The van der Waals surface area contributed by atoms with Crippen molar-refractivity contribution in [2.24, 2.45) is 5.73 Å². The number of nitrogens with zero attached hydrogens (tertiary/aromatic N) is 4. The zero-order chi connectivity index (χ0) is 16.9. The molecule has 1 saturated heterocycles. The predicted octanol–water partition coefficient (Wildman–Crippen LogP) is 1.07. The van der Waals surface area contributed by atoms with Crippen LogP contribution < -0.4 is 10.6 Å². The van der Waals surface area contributed by atoms with Crippen LogP contribution in [0.1, 0.15) is 4.88 Å². The lowest BCUT2D eigenvalue weighted by Gasteiger charge is -2.34. The third-order valence-electron chi connectivity index (χ3n) is 3.54. The molecule has 0 spiro atoms. The number of anilines is 1. The summed E-state index contributed by atoms with van der Waals surface area (Å²) in [5.74, 6) is 0.0151. The lowest BCUT2D eigenvalue weighted by molar-refractivity contribution is -0.130. The van der Waals surface area contributed by atoms with Crippen LogP contribution in [0.25, 0.3) is 0 Å². The molecule has 2 N–H and O–H groups in total. The Morgan fingerprint density at radius 2 is 2.04 bits per heavy atom. The Morgan fingerprint density at radius 3 is 2.71 bits per heavy atom. The molecule has 0 radical (unpaired) electrons. The van der Waals surface area contributed by atoms with E-state index >= 15 is 0 Å². The van der Waals surface area contributed by atoms with Gasteiger partial charge in [-0.1, -0.05) is 29.2 Å². The summed E-state index contributed by atoms with van der Waals surface area (Å²) < 4.78 is 0.736. The van der Waals surface area contributed by atoms with E-state index in [-0.39, 0.29) is 17.6 Å². The van der Waals surface area contributed by atoms with E-state index in [1.165, 1.54) is 23.1 Å². The highest BCUT2D eigenvalue weighted by molar-refractivity contribution is 8.01. The van der Waals surface area contributed by atoms with Crippen LogP contribution in [0.3, 0.4) is 0 Å². The van der Waals surface area contributed by atoms with E-state index in [1.54, 1.807) is 11.3 Å². The lowest BCUT2D eigenvalue weighted by atomic mass is 10.2. The summed E-state index contributed by atoms with van der Waals surface area (Å²) in [6, 6.07) is 3.96. The van der Waals surface area contributed by atoms with Crippen LogP contribution in [0, 0.1) is 0 Å². The van der Waals surface area contributed by atoms with E-state index in [2.05, 4.69) is 15.1 Å². The summed E-state index contributed by atoms with van der Waals surface area (Å²) >= 11 is 4.37. The summed E-state index contributed by atoms with van der Waals surface area (Å²) in [5.41, 5.74) is 5.13. The van der Waals surface area contributed by atoms with E-state index in [0.29, 0.717) is 19.5 Å². The maximum absolute atomic E-state index is 12.3. The molecule has 3 rings (SSSR count). The molecular weight excluding hydrogens is 366 g/mol. The van der Waals surface area contributed by atoms with Gasteiger partial charge in [-0.3, -0.25) is 9.59 Å². The van der Waals surface area contributed by atoms with Crippen LogP contribution in [0.2, 0.25) is 0 Å². The molecule has 0 bridgehead atoms. The third kappa shape index (κ3) is 4.46. The van der Waals surface area contributed by atoms with E-state index in [0.717, 1.165) is 27.4 Å². The van der Waals surface area contributed by atoms with Crippen LogP contribution in [0.4, 0.5) is 5.13 Å². The number of rotatable bonds is 6. The van der Waals surface area contributed by atoms with Gasteiger partial charge in [-0.05, 0) is 11.4 Å². The first-order valence-electron chi connectivity index (χ1n) is 7.41. The highest BCUT2D eigenvalue weighted by atomic mass is 32.2. The Kier molecular flexibility index (Phi) is 5.69. The standard InChI is InChI=1S/C14H17N5O2S3/c15-11(20)9-23-14-17-16-13(24-14)19-5-3-18(4-6-19)12(21)8-10-2-1-7-22-10/h1-2,7H,3-6,8-9H2,(H2,15,20). The molecule has 0 saturated carbocycles. The Balaban J connectivity index is 1.49. The molecule has 10 heteroatoms. The fourth-order valence-corrected chi connectivity index (χ4v) is 4.67. The van der Waals surface area contributed by atoms with Crippen LogP contribution in [0.5, 0.6) is 0 Å². The van der Waals surface area contributed by atoms with Crippen molar-refractivity contribution in [2.75, 3.05) is 36.8 Å². The van der Waals surface area contributed by atoms with Crippen molar-refractivity contribution in [2.45, 2.75) is 10.8 Å². The monoisotopic (exact) mass is 383 g/mol. The summed E-state index contributed by atoms with van der Waals surface area (Å²) in [6.07, 6.45) is 0.477. The average molecular weight is 384 g/mol. The van der Waals surface area contributed by atoms with Crippen LogP contribution in [-0.2, 0) is 16.0 Å². The first-order valence-corrected chi connectivity index (χ1v) is 10.1. The second-order valence-corrected chi connectivity index (χ2v) is 8.44. The number of nitrogens with two attached hydrogens (primary N) is 1. The first-order chi connectivity index (χ1) is 11.6. The number of piperazine rings is 1. The predicted molar refractivity (Wildman–Crippen MR) is 96.6 cm³/mol. The number of primary amides is 1. The third-order valence-corrected chi connectivity index (χ3v) is 6.56. The summed E-state index contributed by atoms with van der Waals surface area (Å²) in [5, 5.41) is 11.1. The summed E-state index contributed by atoms with van der Waals surface area (Å²) in [4.78, 5) is 28.2. The molecule has 0 aromatic carbocycles. The van der Waals surface area contributed by atoms with Crippen molar-refractivity contribution in [1.82, 2.24) is 15.1 Å². The summed E-state index contributed by atoms with van der Waals surface area (Å²) in [7, 11) is 0. The lowest BCUT2D eigenvalue weighted by Crippen LogP contribution is -2.49. The zero-order valence-corrected chi connectivity index (χ0v) is 15.3. The smallest absolute Gasteiger partial charge is 0.227 e. The van der Waals surface area contributed by atoms with Gasteiger partial charge in [0.15, 0.2) is 4.34 Å². The van der Waals surface area contributed by atoms with E-state index in [9.17, 15) is 9.59 Å². The second kappa shape index (κ2) is 7.95. The molecule has 1 fully saturated rings. The van der Waals surface area contributed by atoms with Gasteiger partial charge in [0.1, 0.15) is 0 Å². The molecule has 1 aliphatic rings. The number of thioether (sulfide) groups is 1. The number of hydrogen-bond donors (Lipinski definition) is 1. The average Bonchev–Trinajstić information content (AvgIpc) is 3.24. The van der Waals surface area contributed by atoms with Crippen molar-refractivity contribution in [3.8, 4) is 0 Å². The van der Waals surface area contributed by atoms with Gasteiger partial charge < -0.3 is 15.5 Å². The maximum atomic E-state index is 12.3. The van der Waals surface area contributed by atoms with Gasteiger partial charge in [-0.2, -0.15) is 0 Å². The topological polar surface area (TPSA) is 92.4 Å². The van der Waals surface area contributed by atoms with Gasteiger partial charge >= 0.3 is 0 Å². The number of carbonyl (C=O) groups is 2. The largest absolute Gasteiger partial charge is 0.369 e. The van der Waals surface area contributed by atoms with Crippen LogP contribution in [-0.4, -0.2) is 58.8 Å². The van der Waals surface area contributed by atoms with Gasteiger partial charge in [-0.25, -0.2) is 0 Å². The van der Waals surface area contributed by atoms with Crippen molar-refractivity contribution < 1.29 is 9.59 Å². The minimum absolute atomic E-state index is 0.173. The van der Waals surface area contributed by atoms with Gasteiger partial charge in [0.05, 0.1) is 12.2 Å². The molecule has 2 aromatic rings. The molecule has 2 aromatic heterocycles. The minimum Gasteiger partial charge on any atom is -0.369 e. The minimum atomic E-state index is -0.366. The number of hydrogen-bond acceptors (Lipinski definition) is 8. The van der Waals surface area contributed by atoms with Crippen molar-refractivity contribution >= 4 is 51.4 Å². The molecule has 7 nitrogen and oxygen atoms in total. The highest BCUT2D eigenvalue weighted by Crippen LogP contribution is 2.28. The Labute approximate surface area is 151 Å². The number of aromatic nitrogens is 2. The van der Waals surface area contributed by atoms with Crippen LogP contribution in [0.15, 0.2) is 21.9 Å². The fraction of sp³-hybridized carbons (Fsp3) is 0.429. The molecule has 2 amide bonds.